The van der Waals surface area contributed by atoms with Crippen molar-refractivity contribution in [1.82, 2.24) is 15.5 Å². The average Bonchev–Trinajstić information content (AvgIpc) is 2.77. The van der Waals surface area contributed by atoms with Crippen molar-refractivity contribution in [1.29, 1.82) is 0 Å². The van der Waals surface area contributed by atoms with Gasteiger partial charge in [-0.1, -0.05) is 30.3 Å². The number of carbonyl (C=O) groups excluding carboxylic acids is 1. The van der Waals surface area contributed by atoms with Crippen LogP contribution in [0.1, 0.15) is 18.4 Å². The van der Waals surface area contributed by atoms with Crippen LogP contribution in [0, 0.1) is 5.82 Å². The van der Waals surface area contributed by atoms with E-state index in [4.69, 9.17) is 4.74 Å². The van der Waals surface area contributed by atoms with E-state index < -0.39 is 0 Å². The molecule has 1 fully saturated rings. The lowest BCUT2D eigenvalue weighted by Crippen LogP contribution is -2.48. The fourth-order valence-electron chi connectivity index (χ4n) is 3.44. The molecule has 1 amide bonds. The van der Waals surface area contributed by atoms with E-state index in [9.17, 15) is 9.18 Å². The van der Waals surface area contributed by atoms with Crippen molar-refractivity contribution in [2.75, 3.05) is 33.2 Å². The largest absolute Gasteiger partial charge is 0.490 e. The fourth-order valence-corrected chi connectivity index (χ4v) is 3.44. The van der Waals surface area contributed by atoms with Crippen LogP contribution in [0.3, 0.4) is 0 Å². The molecule has 2 N–H and O–H groups in total. The Bertz CT molecular complexity index is 825. The molecule has 0 aliphatic carbocycles. The topological polar surface area (TPSA) is 66.0 Å². The van der Waals surface area contributed by atoms with E-state index in [1.54, 1.807) is 19.2 Å². The Labute approximate surface area is 200 Å². The van der Waals surface area contributed by atoms with Gasteiger partial charge in [0.05, 0.1) is 6.42 Å². The maximum atomic E-state index is 12.9. The minimum Gasteiger partial charge on any atom is -0.490 e. The van der Waals surface area contributed by atoms with Crippen LogP contribution in [-0.2, 0) is 11.2 Å². The first-order valence-corrected chi connectivity index (χ1v) is 10.3. The molecule has 0 spiro atoms. The van der Waals surface area contributed by atoms with Crippen LogP contribution in [0.4, 0.5) is 4.39 Å². The van der Waals surface area contributed by atoms with Crippen molar-refractivity contribution in [2.24, 2.45) is 4.99 Å². The summed E-state index contributed by atoms with van der Waals surface area (Å²) in [6.45, 7) is 2.82. The number of para-hydroxylation sites is 1. The van der Waals surface area contributed by atoms with Crippen LogP contribution < -0.4 is 15.4 Å². The number of likely N-dealkylation sites (tertiary alicyclic amines) is 1. The molecule has 6 nitrogen and oxygen atoms in total. The number of hydrogen-bond acceptors (Lipinski definition) is 3. The first-order valence-electron chi connectivity index (χ1n) is 10.3. The smallest absolute Gasteiger partial charge is 0.224 e. The van der Waals surface area contributed by atoms with Crippen molar-refractivity contribution < 1.29 is 13.9 Å². The minimum absolute atomic E-state index is 0. The third-order valence-electron chi connectivity index (χ3n) is 5.01. The van der Waals surface area contributed by atoms with E-state index in [-0.39, 0.29) is 48.2 Å². The van der Waals surface area contributed by atoms with Crippen molar-refractivity contribution in [3.63, 3.8) is 0 Å². The predicted octanol–water partition coefficient (Wildman–Crippen LogP) is 3.22. The van der Waals surface area contributed by atoms with E-state index in [0.29, 0.717) is 13.1 Å². The normalized spacial score (nSPS) is 14.5. The Kier molecular flexibility index (Phi) is 10.6. The number of aliphatic imine (C=N–C) groups is 1. The van der Waals surface area contributed by atoms with E-state index in [2.05, 4.69) is 20.5 Å². The van der Waals surface area contributed by atoms with Gasteiger partial charge < -0.3 is 20.3 Å². The molecule has 31 heavy (non-hydrogen) atoms. The lowest BCUT2D eigenvalue weighted by atomic mass is 10.1. The highest BCUT2D eigenvalue weighted by Gasteiger charge is 2.22. The van der Waals surface area contributed by atoms with Crippen LogP contribution in [0.25, 0.3) is 0 Å². The lowest BCUT2D eigenvalue weighted by Gasteiger charge is -2.34. The van der Waals surface area contributed by atoms with Crippen LogP contribution in [0.5, 0.6) is 5.75 Å². The number of amides is 1. The minimum atomic E-state index is -0.301. The number of hydrogen-bond donors (Lipinski definition) is 2. The van der Waals surface area contributed by atoms with E-state index >= 15 is 0 Å². The zero-order valence-corrected chi connectivity index (χ0v) is 20.1. The van der Waals surface area contributed by atoms with Crippen molar-refractivity contribution in [3.05, 3.63) is 66.0 Å². The van der Waals surface area contributed by atoms with Gasteiger partial charge in [-0.25, -0.2) is 4.39 Å². The van der Waals surface area contributed by atoms with Gasteiger partial charge in [0.1, 0.15) is 17.7 Å². The standard InChI is InChI=1S/C23H29FN4O2.HI/c1-25-23(27-14-13-26-22(29)17-18-7-9-19(24)10-8-18)28-15-11-21(12-16-28)30-20-5-3-2-4-6-20;/h2-10,21H,11-17H2,1H3,(H,25,27)(H,26,29);1H. The van der Waals surface area contributed by atoms with Crippen LogP contribution >= 0.6 is 24.0 Å². The Morgan fingerprint density at radius 3 is 2.35 bits per heavy atom. The van der Waals surface area contributed by atoms with Crippen LogP contribution in [0.15, 0.2) is 59.6 Å². The molecular formula is C23H30FIN4O2. The summed E-state index contributed by atoms with van der Waals surface area (Å²) in [5.74, 6) is 1.36. The molecule has 168 valence electrons. The molecule has 0 radical (unpaired) electrons. The number of ether oxygens (including phenoxy) is 1. The molecule has 0 aromatic heterocycles. The number of piperidine rings is 1. The van der Waals surface area contributed by atoms with Crippen LogP contribution in [0.2, 0.25) is 0 Å². The summed E-state index contributed by atoms with van der Waals surface area (Å²) in [6, 6.07) is 15.9. The SMILES string of the molecule is CN=C(NCCNC(=O)Cc1ccc(F)cc1)N1CCC(Oc2ccccc2)CC1.I. The summed E-state index contributed by atoms with van der Waals surface area (Å²) in [4.78, 5) is 18.6. The maximum absolute atomic E-state index is 12.9. The molecule has 1 aliphatic rings. The monoisotopic (exact) mass is 540 g/mol. The van der Waals surface area contributed by atoms with Crippen LogP contribution in [-0.4, -0.2) is 56.1 Å². The van der Waals surface area contributed by atoms with Gasteiger partial charge in [-0.15, -0.1) is 24.0 Å². The number of rotatable bonds is 7. The highest BCUT2D eigenvalue weighted by molar-refractivity contribution is 14.0. The van der Waals surface area contributed by atoms with Crippen molar-refractivity contribution in [3.8, 4) is 5.75 Å². The van der Waals surface area contributed by atoms with Gasteiger partial charge in [-0.2, -0.15) is 0 Å². The highest BCUT2D eigenvalue weighted by atomic mass is 127. The summed E-state index contributed by atoms with van der Waals surface area (Å²) in [5.41, 5.74) is 0.790. The quantitative estimate of drug-likeness (QED) is 0.245. The molecule has 0 unspecified atom stereocenters. The first kappa shape index (κ1) is 24.9. The molecule has 0 bridgehead atoms. The van der Waals surface area contributed by atoms with Gasteiger partial charge >= 0.3 is 0 Å². The zero-order chi connectivity index (χ0) is 21.2. The Balaban J connectivity index is 0.00000341. The predicted molar refractivity (Wildman–Crippen MR) is 132 cm³/mol. The molecule has 0 atom stereocenters. The van der Waals surface area contributed by atoms with Gasteiger partial charge in [0.25, 0.3) is 0 Å². The number of halogens is 2. The second-order valence-electron chi connectivity index (χ2n) is 7.24. The molecule has 1 saturated heterocycles. The summed E-state index contributed by atoms with van der Waals surface area (Å²) >= 11 is 0. The molecular weight excluding hydrogens is 510 g/mol. The molecule has 2 aromatic rings. The molecule has 0 saturated carbocycles. The number of benzene rings is 2. The fraction of sp³-hybridized carbons (Fsp3) is 0.391. The molecule has 3 rings (SSSR count). The summed E-state index contributed by atoms with van der Waals surface area (Å²) < 4.78 is 19.0. The summed E-state index contributed by atoms with van der Waals surface area (Å²) in [7, 11) is 1.77. The number of nitrogens with zero attached hydrogens (tertiary/aromatic N) is 2. The Morgan fingerprint density at radius 1 is 1.06 bits per heavy atom. The van der Waals surface area contributed by atoms with E-state index in [1.807, 2.05) is 30.3 Å². The highest BCUT2D eigenvalue weighted by Crippen LogP contribution is 2.18. The van der Waals surface area contributed by atoms with Gasteiger partial charge in [0, 0.05) is 46.1 Å². The third-order valence-corrected chi connectivity index (χ3v) is 5.01. The molecule has 8 heteroatoms. The summed E-state index contributed by atoms with van der Waals surface area (Å²) in [6.07, 6.45) is 2.32. The number of guanidine groups is 1. The number of carbonyl (C=O) groups is 1. The van der Waals surface area contributed by atoms with Gasteiger partial charge in [0.2, 0.25) is 5.91 Å². The zero-order valence-electron chi connectivity index (χ0n) is 17.7. The lowest BCUT2D eigenvalue weighted by molar-refractivity contribution is -0.120. The maximum Gasteiger partial charge on any atom is 0.224 e. The van der Waals surface area contributed by atoms with Crippen molar-refractivity contribution in [2.45, 2.75) is 25.4 Å². The van der Waals surface area contributed by atoms with E-state index in [1.165, 1.54) is 12.1 Å². The average molecular weight is 540 g/mol. The van der Waals surface area contributed by atoms with Gasteiger partial charge in [0.15, 0.2) is 5.96 Å². The first-order chi connectivity index (χ1) is 14.6. The molecule has 1 heterocycles. The second-order valence-corrected chi connectivity index (χ2v) is 7.24. The molecule has 2 aromatic carbocycles. The Hall–Kier alpha value is -2.36. The third kappa shape index (κ3) is 8.35. The van der Waals surface area contributed by atoms with Crippen molar-refractivity contribution >= 4 is 35.8 Å². The second kappa shape index (κ2) is 13.1. The van der Waals surface area contributed by atoms with Gasteiger partial charge in [-0.05, 0) is 29.8 Å². The van der Waals surface area contributed by atoms with Gasteiger partial charge in [-0.3, -0.25) is 9.79 Å². The number of nitrogens with one attached hydrogen (secondary N) is 2. The molecule has 1 aliphatic heterocycles. The summed E-state index contributed by atoms with van der Waals surface area (Å²) in [5, 5.41) is 6.17. The Morgan fingerprint density at radius 2 is 1.71 bits per heavy atom. The van der Waals surface area contributed by atoms with E-state index in [0.717, 1.165) is 43.2 Å².